The third-order valence-electron chi connectivity index (χ3n) is 6.27. The number of methoxy groups -OCH3 is 1. The van der Waals surface area contributed by atoms with Crippen molar-refractivity contribution < 1.29 is 23.9 Å². The Balaban J connectivity index is 1.68. The van der Waals surface area contributed by atoms with Crippen LogP contribution in [-0.4, -0.2) is 36.6 Å². The fraction of sp³-hybridized carbons (Fsp3) is 0.320. The summed E-state index contributed by atoms with van der Waals surface area (Å²) in [6.45, 7) is 1.91. The van der Waals surface area contributed by atoms with Gasteiger partial charge in [0.15, 0.2) is 0 Å². The van der Waals surface area contributed by atoms with Crippen molar-refractivity contribution in [3.8, 4) is 0 Å². The first-order valence-corrected chi connectivity index (χ1v) is 10.8. The second kappa shape index (κ2) is 8.79. The number of cyclic esters (lactones) is 1. The molecule has 2 aliphatic rings. The number of esters is 1. The molecule has 166 valence electrons. The molecule has 0 aromatic heterocycles. The van der Waals surface area contributed by atoms with Crippen LogP contribution < -0.4 is 0 Å². The molecule has 1 aliphatic carbocycles. The highest BCUT2D eigenvalue weighted by Crippen LogP contribution is 2.46. The van der Waals surface area contributed by atoms with E-state index in [1.54, 1.807) is 19.1 Å². The number of allylic oxidation sites excluding steroid dienone is 1. The van der Waals surface area contributed by atoms with Crippen molar-refractivity contribution >= 4 is 35.1 Å². The molecule has 0 unspecified atom stereocenters. The molecular formula is C25H24ClNO5. The molecule has 0 spiro atoms. The summed E-state index contributed by atoms with van der Waals surface area (Å²) in [6.07, 6.45) is 0.488. The maximum atomic E-state index is 13.7. The highest BCUT2D eigenvalue weighted by molar-refractivity contribution is 6.30. The summed E-state index contributed by atoms with van der Waals surface area (Å²) in [7, 11) is 1.33. The van der Waals surface area contributed by atoms with Gasteiger partial charge in [-0.25, -0.2) is 14.5 Å². The first-order valence-electron chi connectivity index (χ1n) is 10.5. The second-order valence-electron chi connectivity index (χ2n) is 8.37. The molecule has 1 aliphatic heterocycles. The van der Waals surface area contributed by atoms with Crippen LogP contribution in [0.2, 0.25) is 5.02 Å². The molecule has 0 N–H and O–H groups in total. The summed E-state index contributed by atoms with van der Waals surface area (Å²) in [6, 6.07) is 16.1. The van der Waals surface area contributed by atoms with Crippen LogP contribution in [0.4, 0.5) is 4.79 Å². The molecule has 2 atom stereocenters. The van der Waals surface area contributed by atoms with Crippen LogP contribution in [0.5, 0.6) is 0 Å². The molecule has 1 heterocycles. The largest absolute Gasteiger partial charge is 0.466 e. The van der Waals surface area contributed by atoms with Crippen molar-refractivity contribution in [2.24, 2.45) is 5.41 Å². The number of imide groups is 1. The fourth-order valence-corrected chi connectivity index (χ4v) is 4.59. The summed E-state index contributed by atoms with van der Waals surface area (Å²) in [5.41, 5.74) is 2.03. The third-order valence-corrected chi connectivity index (χ3v) is 6.53. The Morgan fingerprint density at radius 1 is 1.12 bits per heavy atom. The van der Waals surface area contributed by atoms with Gasteiger partial charge in [-0.2, -0.15) is 0 Å². The van der Waals surface area contributed by atoms with Gasteiger partial charge in [-0.3, -0.25) is 4.79 Å². The van der Waals surface area contributed by atoms with E-state index in [-0.39, 0.29) is 18.9 Å². The van der Waals surface area contributed by atoms with Gasteiger partial charge in [0.25, 0.3) is 0 Å². The normalized spacial score (nSPS) is 23.2. The zero-order valence-corrected chi connectivity index (χ0v) is 18.7. The summed E-state index contributed by atoms with van der Waals surface area (Å²) in [5, 5.41) is 0.601. The highest BCUT2D eigenvalue weighted by Gasteiger charge is 2.49. The van der Waals surface area contributed by atoms with Crippen molar-refractivity contribution in [2.45, 2.75) is 32.2 Å². The molecule has 0 bridgehead atoms. The van der Waals surface area contributed by atoms with Crippen molar-refractivity contribution in [3.05, 3.63) is 76.3 Å². The molecule has 0 saturated carbocycles. The van der Waals surface area contributed by atoms with Crippen LogP contribution in [0, 0.1) is 5.41 Å². The fourth-order valence-electron chi connectivity index (χ4n) is 4.47. The topological polar surface area (TPSA) is 72.9 Å². The average Bonchev–Trinajstić information content (AvgIpc) is 3.20. The maximum Gasteiger partial charge on any atom is 0.417 e. The average molecular weight is 454 g/mol. The van der Waals surface area contributed by atoms with Crippen molar-refractivity contribution in [1.29, 1.82) is 0 Å². The van der Waals surface area contributed by atoms with Gasteiger partial charge < -0.3 is 9.47 Å². The molecule has 1 fully saturated rings. The van der Waals surface area contributed by atoms with E-state index in [1.807, 2.05) is 42.5 Å². The molecule has 0 radical (unpaired) electrons. The van der Waals surface area contributed by atoms with Crippen LogP contribution in [0.3, 0.4) is 0 Å². The highest BCUT2D eigenvalue weighted by atomic mass is 35.5. The number of ether oxygens (including phenoxy) is 2. The number of hydrogen-bond donors (Lipinski definition) is 0. The van der Waals surface area contributed by atoms with Gasteiger partial charge >= 0.3 is 12.1 Å². The standard InChI is InChI=1S/C25H24ClNO5/c1-25(23(29)27-21(15-32-24(27)30)17-6-4-3-5-7-17)13-12-19(20(14-25)22(28)31-2)16-8-10-18(26)11-9-16/h3-11,21H,12-15H2,1-2H3/t21-,25-/m0/s1. The van der Waals surface area contributed by atoms with Crippen molar-refractivity contribution in [1.82, 2.24) is 4.90 Å². The number of hydrogen-bond acceptors (Lipinski definition) is 5. The van der Waals surface area contributed by atoms with Crippen LogP contribution in [0.15, 0.2) is 60.2 Å². The summed E-state index contributed by atoms with van der Waals surface area (Å²) >= 11 is 6.01. The number of carbonyl (C=O) groups is 3. The number of amides is 2. The molecule has 6 nitrogen and oxygen atoms in total. The quantitative estimate of drug-likeness (QED) is 0.596. The van der Waals surface area contributed by atoms with E-state index in [9.17, 15) is 14.4 Å². The number of benzene rings is 2. The van der Waals surface area contributed by atoms with E-state index >= 15 is 0 Å². The number of rotatable bonds is 4. The van der Waals surface area contributed by atoms with E-state index < -0.39 is 23.5 Å². The van der Waals surface area contributed by atoms with E-state index in [2.05, 4.69) is 0 Å². The first kappa shape index (κ1) is 22.1. The lowest BCUT2D eigenvalue weighted by Gasteiger charge is -2.37. The minimum Gasteiger partial charge on any atom is -0.466 e. The van der Waals surface area contributed by atoms with Crippen molar-refractivity contribution in [2.75, 3.05) is 13.7 Å². The first-order chi connectivity index (χ1) is 15.3. The molecule has 32 heavy (non-hydrogen) atoms. The Kier molecular flexibility index (Phi) is 6.07. The number of nitrogens with zero attached hydrogens (tertiary/aromatic N) is 1. The van der Waals surface area contributed by atoms with Crippen LogP contribution in [-0.2, 0) is 19.1 Å². The monoisotopic (exact) mass is 453 g/mol. The minimum absolute atomic E-state index is 0.111. The van der Waals surface area contributed by atoms with Gasteiger partial charge in [-0.1, -0.05) is 61.0 Å². The lowest BCUT2D eigenvalue weighted by molar-refractivity contribution is -0.141. The zero-order chi connectivity index (χ0) is 22.9. The van der Waals surface area contributed by atoms with Gasteiger partial charge in [0.1, 0.15) is 12.6 Å². The van der Waals surface area contributed by atoms with Gasteiger partial charge in [-0.15, -0.1) is 0 Å². The Bertz CT molecular complexity index is 1080. The Labute approximate surface area is 191 Å². The van der Waals surface area contributed by atoms with Gasteiger partial charge in [0.2, 0.25) is 5.91 Å². The van der Waals surface area contributed by atoms with Crippen LogP contribution >= 0.6 is 11.6 Å². The predicted octanol–water partition coefficient (Wildman–Crippen LogP) is 5.18. The third kappa shape index (κ3) is 4.02. The summed E-state index contributed by atoms with van der Waals surface area (Å²) < 4.78 is 10.3. The lowest BCUT2D eigenvalue weighted by Crippen LogP contribution is -2.45. The van der Waals surface area contributed by atoms with Crippen LogP contribution in [0.25, 0.3) is 5.57 Å². The Hall–Kier alpha value is -3.12. The van der Waals surface area contributed by atoms with Gasteiger partial charge in [0, 0.05) is 10.6 Å². The van der Waals surface area contributed by atoms with E-state index in [0.717, 1.165) is 16.7 Å². The molecule has 2 amide bonds. The zero-order valence-electron chi connectivity index (χ0n) is 18.0. The van der Waals surface area contributed by atoms with Crippen molar-refractivity contribution in [3.63, 3.8) is 0 Å². The molecule has 7 heteroatoms. The Morgan fingerprint density at radius 3 is 2.47 bits per heavy atom. The molecule has 4 rings (SSSR count). The molecule has 1 saturated heterocycles. The molecule has 2 aromatic rings. The second-order valence-corrected chi connectivity index (χ2v) is 8.81. The minimum atomic E-state index is -0.949. The molecule has 2 aromatic carbocycles. The Morgan fingerprint density at radius 2 is 1.81 bits per heavy atom. The molecular weight excluding hydrogens is 430 g/mol. The van der Waals surface area contributed by atoms with E-state index in [0.29, 0.717) is 23.4 Å². The van der Waals surface area contributed by atoms with Crippen LogP contribution in [0.1, 0.15) is 43.4 Å². The smallest absolute Gasteiger partial charge is 0.417 e. The lowest BCUT2D eigenvalue weighted by atomic mass is 9.70. The van der Waals surface area contributed by atoms with E-state index in [1.165, 1.54) is 12.0 Å². The van der Waals surface area contributed by atoms with E-state index in [4.69, 9.17) is 21.1 Å². The SMILES string of the molecule is COC(=O)C1=C(c2ccc(Cl)cc2)CC[C@](C)(C(=O)N2C(=O)OC[C@H]2c2ccccc2)C1. The maximum absolute atomic E-state index is 13.7. The summed E-state index contributed by atoms with van der Waals surface area (Å²) in [5.74, 6) is -0.817. The van der Waals surface area contributed by atoms with Gasteiger partial charge in [0.05, 0.1) is 12.5 Å². The summed E-state index contributed by atoms with van der Waals surface area (Å²) in [4.78, 5) is 40.1. The predicted molar refractivity (Wildman–Crippen MR) is 120 cm³/mol. The number of halogens is 1. The number of carbonyl (C=O) groups excluding carboxylic acids is 3. The van der Waals surface area contributed by atoms with Gasteiger partial charge in [-0.05, 0) is 48.1 Å².